The molecule has 2 atom stereocenters. The van der Waals surface area contributed by atoms with E-state index in [1.165, 1.54) is 0 Å². The Hall–Kier alpha value is -1.41. The van der Waals surface area contributed by atoms with Gasteiger partial charge in [-0.2, -0.15) is 0 Å². The van der Waals surface area contributed by atoms with Gasteiger partial charge in [-0.15, -0.1) is 0 Å². The minimum Gasteiger partial charge on any atom is -0.392 e. The first-order valence-corrected chi connectivity index (χ1v) is 6.10. The lowest BCUT2D eigenvalue weighted by atomic mass is 9.95. The Morgan fingerprint density at radius 3 is 2.59 bits per heavy atom. The molecule has 2 nitrogen and oxygen atoms in total. The van der Waals surface area contributed by atoms with E-state index in [4.69, 9.17) is 0 Å². The van der Waals surface area contributed by atoms with Crippen molar-refractivity contribution in [1.29, 1.82) is 0 Å². The third-order valence-electron chi connectivity index (χ3n) is 2.85. The summed E-state index contributed by atoms with van der Waals surface area (Å²) in [5.74, 6) is -0.343. The van der Waals surface area contributed by atoms with E-state index in [9.17, 15) is 9.90 Å². The Labute approximate surface area is 103 Å². The van der Waals surface area contributed by atoms with Crippen LogP contribution in [-0.4, -0.2) is 17.0 Å². The van der Waals surface area contributed by atoms with Gasteiger partial charge in [0, 0.05) is 5.92 Å². The molecule has 92 valence electrons. The third kappa shape index (κ3) is 4.53. The zero-order valence-corrected chi connectivity index (χ0v) is 10.5. The van der Waals surface area contributed by atoms with Crippen LogP contribution in [-0.2, 0) is 4.79 Å². The van der Waals surface area contributed by atoms with E-state index in [-0.39, 0.29) is 11.7 Å². The SMILES string of the molecule is CCCC(O)C(C)C(=O)/C=C/c1ccccc1. The number of benzene rings is 1. The van der Waals surface area contributed by atoms with E-state index in [2.05, 4.69) is 0 Å². The van der Waals surface area contributed by atoms with Gasteiger partial charge in [0.1, 0.15) is 0 Å². The van der Waals surface area contributed by atoms with Crippen molar-refractivity contribution in [3.8, 4) is 0 Å². The van der Waals surface area contributed by atoms with E-state index < -0.39 is 6.10 Å². The molecule has 2 unspecified atom stereocenters. The number of hydrogen-bond acceptors (Lipinski definition) is 2. The Morgan fingerprint density at radius 2 is 2.00 bits per heavy atom. The van der Waals surface area contributed by atoms with Crippen LogP contribution in [0.5, 0.6) is 0 Å². The van der Waals surface area contributed by atoms with Crippen molar-refractivity contribution < 1.29 is 9.90 Å². The van der Waals surface area contributed by atoms with E-state index in [0.29, 0.717) is 6.42 Å². The fourth-order valence-corrected chi connectivity index (χ4v) is 1.63. The Balaban J connectivity index is 2.57. The topological polar surface area (TPSA) is 37.3 Å². The summed E-state index contributed by atoms with van der Waals surface area (Å²) >= 11 is 0. The lowest BCUT2D eigenvalue weighted by Gasteiger charge is -2.14. The monoisotopic (exact) mass is 232 g/mol. The molecule has 17 heavy (non-hydrogen) atoms. The van der Waals surface area contributed by atoms with Crippen LogP contribution in [0.2, 0.25) is 0 Å². The van der Waals surface area contributed by atoms with Gasteiger partial charge in [-0.05, 0) is 18.1 Å². The van der Waals surface area contributed by atoms with Crippen molar-refractivity contribution in [2.75, 3.05) is 0 Å². The molecule has 0 aliphatic rings. The van der Waals surface area contributed by atoms with Crippen LogP contribution in [0.25, 0.3) is 6.08 Å². The molecular weight excluding hydrogens is 212 g/mol. The average Bonchev–Trinajstić information content (AvgIpc) is 2.36. The lowest BCUT2D eigenvalue weighted by molar-refractivity contribution is -0.120. The molecule has 0 heterocycles. The van der Waals surface area contributed by atoms with Crippen molar-refractivity contribution in [2.45, 2.75) is 32.8 Å². The largest absolute Gasteiger partial charge is 0.392 e. The minimum absolute atomic E-state index is 0.0187. The summed E-state index contributed by atoms with van der Waals surface area (Å²) in [4.78, 5) is 11.8. The number of aliphatic hydroxyl groups is 1. The standard InChI is InChI=1S/C15H20O2/c1-3-7-14(16)12(2)15(17)11-10-13-8-5-4-6-9-13/h4-6,8-12,14,16H,3,7H2,1-2H3/b11-10+. The minimum atomic E-state index is -0.534. The van der Waals surface area contributed by atoms with E-state index in [1.807, 2.05) is 37.3 Å². The molecule has 0 spiro atoms. The molecule has 0 radical (unpaired) electrons. The Bertz CT molecular complexity index is 368. The first kappa shape index (κ1) is 13.7. The third-order valence-corrected chi connectivity index (χ3v) is 2.85. The van der Waals surface area contributed by atoms with Crippen molar-refractivity contribution in [3.63, 3.8) is 0 Å². The van der Waals surface area contributed by atoms with E-state index in [0.717, 1.165) is 12.0 Å². The quantitative estimate of drug-likeness (QED) is 0.765. The maximum absolute atomic E-state index is 11.8. The number of carbonyl (C=O) groups is 1. The predicted octanol–water partition coefficient (Wildman–Crippen LogP) is 3.07. The highest BCUT2D eigenvalue weighted by atomic mass is 16.3. The first-order chi connectivity index (χ1) is 8.15. The lowest BCUT2D eigenvalue weighted by Crippen LogP contribution is -2.24. The van der Waals surface area contributed by atoms with Crippen LogP contribution in [0.15, 0.2) is 36.4 Å². The van der Waals surface area contributed by atoms with Crippen LogP contribution in [0, 0.1) is 5.92 Å². The molecule has 0 bridgehead atoms. The highest BCUT2D eigenvalue weighted by Gasteiger charge is 2.18. The second-order valence-corrected chi connectivity index (χ2v) is 4.29. The summed E-state index contributed by atoms with van der Waals surface area (Å²) < 4.78 is 0. The molecule has 0 saturated carbocycles. The summed E-state index contributed by atoms with van der Waals surface area (Å²) in [7, 11) is 0. The fraction of sp³-hybridized carbons (Fsp3) is 0.400. The van der Waals surface area contributed by atoms with Crippen LogP contribution >= 0.6 is 0 Å². The summed E-state index contributed by atoms with van der Waals surface area (Å²) in [5.41, 5.74) is 0.998. The molecule has 1 N–H and O–H groups in total. The molecule has 1 rings (SSSR count). The first-order valence-electron chi connectivity index (χ1n) is 6.10. The highest BCUT2D eigenvalue weighted by molar-refractivity contribution is 5.95. The molecular formula is C15H20O2. The highest BCUT2D eigenvalue weighted by Crippen LogP contribution is 2.12. The smallest absolute Gasteiger partial charge is 0.161 e. The molecule has 0 fully saturated rings. The average molecular weight is 232 g/mol. The summed E-state index contributed by atoms with van der Waals surface area (Å²) in [6, 6.07) is 9.68. The van der Waals surface area contributed by atoms with Gasteiger partial charge in [0.15, 0.2) is 5.78 Å². The summed E-state index contributed by atoms with van der Waals surface area (Å²) in [5, 5.41) is 9.73. The van der Waals surface area contributed by atoms with E-state index in [1.54, 1.807) is 19.1 Å². The van der Waals surface area contributed by atoms with Gasteiger partial charge in [-0.25, -0.2) is 0 Å². The van der Waals surface area contributed by atoms with Gasteiger partial charge in [0.05, 0.1) is 6.10 Å². The molecule has 1 aromatic carbocycles. The normalized spacial score (nSPS) is 14.8. The number of hydrogen-bond donors (Lipinski definition) is 1. The maximum atomic E-state index is 11.8. The maximum Gasteiger partial charge on any atom is 0.161 e. The number of aliphatic hydroxyl groups excluding tert-OH is 1. The summed E-state index contributed by atoms with van der Waals surface area (Å²) in [6.45, 7) is 3.78. The van der Waals surface area contributed by atoms with Gasteiger partial charge in [-0.1, -0.05) is 56.7 Å². The van der Waals surface area contributed by atoms with Crippen LogP contribution in [0.1, 0.15) is 32.3 Å². The van der Waals surface area contributed by atoms with Crippen LogP contribution in [0.4, 0.5) is 0 Å². The molecule has 0 aliphatic heterocycles. The second-order valence-electron chi connectivity index (χ2n) is 4.29. The van der Waals surface area contributed by atoms with Crippen molar-refractivity contribution in [1.82, 2.24) is 0 Å². The molecule has 2 heteroatoms. The fourth-order valence-electron chi connectivity index (χ4n) is 1.63. The zero-order valence-electron chi connectivity index (χ0n) is 10.5. The Kier molecular flexibility index (Phi) is 5.64. The van der Waals surface area contributed by atoms with Gasteiger partial charge < -0.3 is 5.11 Å². The molecule has 0 aliphatic carbocycles. The molecule has 0 aromatic heterocycles. The van der Waals surface area contributed by atoms with Gasteiger partial charge in [0.25, 0.3) is 0 Å². The molecule has 1 aromatic rings. The van der Waals surface area contributed by atoms with Crippen LogP contribution < -0.4 is 0 Å². The predicted molar refractivity (Wildman–Crippen MR) is 70.6 cm³/mol. The number of carbonyl (C=O) groups excluding carboxylic acids is 1. The van der Waals surface area contributed by atoms with Crippen LogP contribution in [0.3, 0.4) is 0 Å². The summed E-state index contributed by atoms with van der Waals surface area (Å²) in [6.07, 6.45) is 4.37. The van der Waals surface area contributed by atoms with Gasteiger partial charge in [-0.3, -0.25) is 4.79 Å². The number of rotatable bonds is 6. The molecule has 0 saturated heterocycles. The Morgan fingerprint density at radius 1 is 1.35 bits per heavy atom. The number of ketones is 1. The van der Waals surface area contributed by atoms with E-state index >= 15 is 0 Å². The van der Waals surface area contributed by atoms with Crippen molar-refractivity contribution in [3.05, 3.63) is 42.0 Å². The van der Waals surface area contributed by atoms with Gasteiger partial charge >= 0.3 is 0 Å². The van der Waals surface area contributed by atoms with Gasteiger partial charge in [0.2, 0.25) is 0 Å². The van der Waals surface area contributed by atoms with Crippen molar-refractivity contribution in [2.24, 2.45) is 5.92 Å². The van der Waals surface area contributed by atoms with Crippen molar-refractivity contribution >= 4 is 11.9 Å². The molecule has 0 amide bonds. The second kappa shape index (κ2) is 7.02. The zero-order chi connectivity index (χ0) is 12.7. The number of allylic oxidation sites excluding steroid dienone is 1.